The quantitative estimate of drug-likeness (QED) is 0.00468. The van der Waals surface area contributed by atoms with Crippen LogP contribution in [0.1, 0.15) is 153 Å². The molecule has 10 heterocycles. The zero-order chi connectivity index (χ0) is 96.4. The number of aryl methyl sites for hydroxylation is 2. The average Bonchev–Trinajstić information content (AvgIpc) is 1.70. The number of carbonyl (C=O) groups is 11. The van der Waals surface area contributed by atoms with Crippen LogP contribution in [0.4, 0.5) is 28.8 Å². The standard InChI is InChI=1S/C12H17NO4S.C11H14BrNO2S.C11H13NO3S.C11H15NO2S.C10H15NO2S.C9H13NO2S.C5H7NS.C4H6O2.C3H5ClO2.C2H3N.C2H6O.CH2O3.CO2.BHNS.2Na.H2O/c1-3-17-12(15)13(6-4-11(14)16-2)8-10-5-7-18-9-10;1-2-15-11(14)13-5-3-4-9-8(7-13)6-10(12)16-9;1-2-15-11(14)12-5-3-9(13)10-8(7-12)4-6-16-10;1-2-14-11(13)12-6-3-4-10-9(8-12)5-7-15-10;1-3-11(10(12)13-4-2)7-9-5-6-14-8-9;1-12-9(11)2-4-10-6-8-3-5-13-7-8;6-3-5-1-2-7-4-5;1-3-4(5)6-2;1-2-6-3(4)5;2*1-2-3;2-1-4-3;2-1-3;1-2-3;;;/h5,7,9H,3-4,6,8H2,1-2H3;6H,2-5,7H2,1H3;4,6H,2-3,5,7H2,1H3;5,7H,2-4,6,8H2,1H3;5-6,8H,3-4,7H2,1-2H3;3,5,7,10H,2,4,6H2,1H3;1-2,4H,3,6H2;3H,1H2,2H3;2H2,1H3;1H3;3H,2H2,1H3;1,3H;;3H;;;1H2/q;;;;;;;;;;;;;;2*+1;/p-2. The van der Waals surface area contributed by atoms with Gasteiger partial charge in [0.05, 0.1) is 108 Å². The number of hydrogen-bond acceptors (Lipinski definition) is 38. The van der Waals surface area contributed by atoms with Crippen molar-refractivity contribution in [2.24, 2.45) is 10.0 Å². The van der Waals surface area contributed by atoms with Crippen molar-refractivity contribution >= 4 is 200 Å². The largest absolute Gasteiger partial charge is 1.00 e. The predicted octanol–water partition coefficient (Wildman–Crippen LogP) is 10.1. The molecule has 7 aromatic rings. The molecule has 0 unspecified atom stereocenters. The predicted molar refractivity (Wildman–Crippen MR) is 500 cm³/mol. The number of thiophene rings is 7. The summed E-state index contributed by atoms with van der Waals surface area (Å²) in [5.74, 6) is -0.778. The van der Waals surface area contributed by atoms with Crippen LogP contribution in [0.5, 0.6) is 0 Å². The number of rotatable bonds is 22. The summed E-state index contributed by atoms with van der Waals surface area (Å²) in [6, 6.07) is 15.9. The van der Waals surface area contributed by atoms with E-state index < -0.39 is 17.5 Å². The first-order valence-corrected chi connectivity index (χ1v) is 46.8. The summed E-state index contributed by atoms with van der Waals surface area (Å²) >= 11 is 23.0. The fraction of sp³-hybridized carbons (Fsp3) is 0.476. The third kappa shape index (κ3) is 70.4. The van der Waals surface area contributed by atoms with Crippen molar-refractivity contribution in [1.29, 1.82) is 5.26 Å². The number of esters is 3. The molecule has 10 rings (SSSR count). The minimum Gasteiger partial charge on any atom is -0.870 e. The van der Waals surface area contributed by atoms with Gasteiger partial charge in [0.1, 0.15) is 0 Å². The van der Waals surface area contributed by atoms with Crippen molar-refractivity contribution in [3.8, 4) is 6.07 Å². The Balaban J connectivity index is -0.000000259. The molecule has 0 atom stereocenters. The number of amides is 5. The van der Waals surface area contributed by atoms with Crippen molar-refractivity contribution in [3.05, 3.63) is 166 Å². The minimum absolute atomic E-state index is 0. The third-order valence-electron chi connectivity index (χ3n) is 14.9. The Morgan fingerprint density at radius 3 is 1.43 bits per heavy atom. The van der Waals surface area contributed by atoms with Gasteiger partial charge in [0, 0.05) is 113 Å². The number of methoxy groups -OCH3 is 3. The molecule has 7 aromatic heterocycles. The number of Topliss-reactive ketones (excluding diaryl/α,β-unsaturated/α-hetero) is 1. The second-order valence-corrected chi connectivity index (χ2v) is 31.7. The maximum absolute atomic E-state index is 11.7. The van der Waals surface area contributed by atoms with Gasteiger partial charge in [-0.25, -0.2) is 33.6 Å². The molecule has 1 radical (unpaired) electrons. The van der Waals surface area contributed by atoms with Crippen LogP contribution in [-0.4, -0.2) is 222 Å². The number of aliphatic hydroxyl groups is 1. The van der Waals surface area contributed by atoms with Crippen molar-refractivity contribution in [2.45, 2.75) is 153 Å². The number of nitrogens with two attached hydrogens (primary N) is 1. The van der Waals surface area contributed by atoms with E-state index in [1.165, 1.54) is 76.5 Å². The zero-order valence-electron chi connectivity index (χ0n) is 75.8. The number of hydrogen-bond donors (Lipinski definition) is 4. The molecule has 0 bridgehead atoms. The van der Waals surface area contributed by atoms with Crippen LogP contribution in [0.2, 0.25) is 0 Å². The number of ether oxygens (including phenoxy) is 9. The number of nitrogens with zero attached hydrogens (tertiary/aromatic N) is 7. The molecule has 0 aromatic carbocycles. The normalized spacial score (nSPS) is 10.7. The number of halogens is 2. The van der Waals surface area contributed by atoms with Gasteiger partial charge < -0.3 is 98.9 Å². The van der Waals surface area contributed by atoms with E-state index in [0.29, 0.717) is 118 Å². The second kappa shape index (κ2) is 93.5. The second-order valence-electron chi connectivity index (χ2n) is 23.6. The van der Waals surface area contributed by atoms with Crippen LogP contribution in [0.25, 0.3) is 0 Å². The Labute approximate surface area is 853 Å². The van der Waals surface area contributed by atoms with Gasteiger partial charge in [-0.05, 0) is 232 Å². The first-order valence-electron chi connectivity index (χ1n) is 38.9. The molecule has 0 spiro atoms. The Hall–Kier alpha value is -7.34. The maximum Gasteiger partial charge on any atom is 1.00 e. The molecular weight excluding hydrogens is 1960 g/mol. The van der Waals surface area contributed by atoms with Crippen LogP contribution in [0, 0.1) is 11.3 Å². The van der Waals surface area contributed by atoms with E-state index >= 15 is 0 Å². The number of ketones is 1. The van der Waals surface area contributed by atoms with Gasteiger partial charge in [0.25, 0.3) is 6.47 Å². The molecule has 0 saturated carbocycles. The van der Waals surface area contributed by atoms with Gasteiger partial charge in [0.2, 0.25) is 0 Å². The number of fused-ring (bicyclic) bond motifs is 3. The Bertz CT molecular complexity index is 4150. The Morgan fingerprint density at radius 1 is 0.646 bits per heavy atom. The first kappa shape index (κ1) is 136. The van der Waals surface area contributed by atoms with E-state index in [1.807, 2.05) is 89.6 Å². The van der Waals surface area contributed by atoms with Crippen LogP contribution < -0.4 is 75.4 Å². The van der Waals surface area contributed by atoms with Crippen LogP contribution in [0.3, 0.4) is 0 Å². The first-order chi connectivity index (χ1) is 61.1. The van der Waals surface area contributed by atoms with E-state index in [0.717, 1.165) is 76.7 Å². The van der Waals surface area contributed by atoms with Gasteiger partial charge in [-0.15, -0.1) is 34.0 Å². The maximum atomic E-state index is 11.7. The molecule has 713 valence electrons. The van der Waals surface area contributed by atoms with E-state index in [2.05, 4.69) is 111 Å². The molecule has 130 heavy (non-hydrogen) atoms. The molecule has 0 saturated heterocycles. The molecule has 3 aliphatic rings. The summed E-state index contributed by atoms with van der Waals surface area (Å²) in [4.78, 5) is 150. The van der Waals surface area contributed by atoms with Crippen LogP contribution >= 0.6 is 120 Å². The Kier molecular flexibility index (Phi) is 97.6. The van der Waals surface area contributed by atoms with Crippen molar-refractivity contribution in [1.82, 2.24) is 29.8 Å². The number of aliphatic hydroxyl groups excluding tert-OH is 1. The number of carbonyl (C=O) groups excluding carboxylic acids is 13. The van der Waals surface area contributed by atoms with Crippen molar-refractivity contribution in [3.63, 3.8) is 0 Å². The van der Waals surface area contributed by atoms with E-state index in [4.69, 9.17) is 71.0 Å². The fourth-order valence-corrected chi connectivity index (χ4v) is 15.8. The van der Waals surface area contributed by atoms with Gasteiger partial charge >= 0.3 is 144 Å². The van der Waals surface area contributed by atoms with E-state index in [1.54, 1.807) is 121 Å². The minimum atomic E-state index is -0.738. The summed E-state index contributed by atoms with van der Waals surface area (Å²) < 4.78 is 46.1. The Morgan fingerprint density at radius 2 is 1.05 bits per heavy atom. The fourth-order valence-electron chi connectivity index (χ4n) is 9.41. The topological polar surface area (TPSA) is 478 Å². The smallest absolute Gasteiger partial charge is 0.870 e. The molecule has 0 fully saturated rings. The van der Waals surface area contributed by atoms with Crippen molar-refractivity contribution < 1.29 is 185 Å². The SMILES string of the molecule is C=CC(=O)OC.CC#N.CCO.CCOC(=O)Cl.CCOC(=O)N(CC)Cc1ccsc1.CCOC(=O)N(CCC(=O)OC)Cc1ccsc1.CCOC(=O)N1CCC(=O)c2sccc2C1.CCOC(=O)N1CCCc2sc(Br)cc2C1.CCOC(=O)N1CCCc2sccc2C1.COC(=O)CCNCc1ccsc1.NCc1ccsc1.O=C=O.O=CO[O-].[B]=NS.[Na+].[Na+].[OH-]. The van der Waals surface area contributed by atoms with Gasteiger partial charge in [-0.1, -0.05) is 6.58 Å². The van der Waals surface area contributed by atoms with Crippen LogP contribution in [0.15, 0.2) is 117 Å². The summed E-state index contributed by atoms with van der Waals surface area (Å²) in [6.07, 6.45) is 5.17. The molecule has 3 aliphatic heterocycles. The van der Waals surface area contributed by atoms with Gasteiger partial charge in [0.15, 0.2) is 5.78 Å². The average molecular weight is 2070 g/mol. The summed E-state index contributed by atoms with van der Waals surface area (Å²) in [6.45, 7) is 29.4. The molecule has 35 nitrogen and oxygen atoms in total. The molecular formula is C82H117BBrClN9Na2O26S8. The van der Waals surface area contributed by atoms with Gasteiger partial charge in [-0.2, -0.15) is 60.2 Å². The number of nitriles is 1. The van der Waals surface area contributed by atoms with E-state index in [-0.39, 0.29) is 132 Å². The van der Waals surface area contributed by atoms with E-state index in [9.17, 15) is 47.9 Å². The molecule has 48 heteroatoms. The molecule has 0 aliphatic carbocycles. The zero-order valence-corrected chi connectivity index (χ0v) is 88.8. The number of thiol groups is 1. The summed E-state index contributed by atoms with van der Waals surface area (Å²) in [5, 5.41) is 46.6. The monoisotopic (exact) mass is 2070 g/mol. The van der Waals surface area contributed by atoms with Crippen LogP contribution in [-0.2, 0) is 135 Å². The van der Waals surface area contributed by atoms with Crippen molar-refractivity contribution in [2.75, 3.05) is 107 Å². The number of nitrogens with one attached hydrogen (secondary N) is 1. The molecule has 5 amide bonds. The summed E-state index contributed by atoms with van der Waals surface area (Å²) in [7, 11) is 8.38. The molecule has 5 N–H and O–H groups in total. The van der Waals surface area contributed by atoms with Gasteiger partial charge in [-0.3, -0.25) is 19.2 Å². The third-order valence-corrected chi connectivity index (χ3v) is 21.7. The summed E-state index contributed by atoms with van der Waals surface area (Å²) in [5.41, 5.74) is 12.7.